The van der Waals surface area contributed by atoms with Gasteiger partial charge < -0.3 is 0 Å². The largest absolute Gasteiger partial charge is 0.262 e. The Hall–Kier alpha value is -0.160. The second-order valence-electron chi connectivity index (χ2n) is 2.13. The average Bonchev–Trinajstić information content (AvgIpc) is 1.63. The molecule has 9 heavy (non-hydrogen) atoms. The molecule has 0 N–H and O–H groups in total. The Kier molecular flexibility index (Phi) is 4.61. The highest BCUT2D eigenvalue weighted by molar-refractivity contribution is 7.43. The Morgan fingerprint density at radius 1 is 1.67 bits per heavy atom. The summed E-state index contributed by atoms with van der Waals surface area (Å²) in [5, 5.41) is 0. The molecule has 0 aliphatic rings. The third-order valence-corrected chi connectivity index (χ3v) is 1.78. The third kappa shape index (κ3) is 5.72. The van der Waals surface area contributed by atoms with Gasteiger partial charge in [0.15, 0.2) is 0 Å². The first-order chi connectivity index (χ1) is 4.16. The van der Waals surface area contributed by atoms with E-state index in [-0.39, 0.29) is 0 Å². The van der Waals surface area contributed by atoms with E-state index in [9.17, 15) is 0 Å². The van der Waals surface area contributed by atoms with Crippen molar-refractivity contribution in [2.24, 2.45) is 4.99 Å². The molecule has 0 amide bonds. The molecule has 0 aromatic heterocycles. The minimum atomic E-state index is 0.696. The summed E-state index contributed by atoms with van der Waals surface area (Å²) in [6, 6.07) is 0. The topological polar surface area (TPSA) is 12.4 Å². The Labute approximate surface area is 59.0 Å². The zero-order valence-electron chi connectivity index (χ0n) is 6.31. The third-order valence-electron chi connectivity index (χ3n) is 0.740. The maximum absolute atomic E-state index is 4.06. The molecule has 0 radical (unpaired) electrons. The maximum atomic E-state index is 4.06. The smallest absolute Gasteiger partial charge is 0.0527 e. The molecule has 0 saturated heterocycles. The molecule has 2 heteroatoms. The number of nitrogens with zero attached hydrogens (tertiary/aromatic N) is 1. The van der Waals surface area contributed by atoms with Crippen LogP contribution in [0.25, 0.3) is 0 Å². The van der Waals surface area contributed by atoms with Crippen LogP contribution in [0.2, 0.25) is 0 Å². The van der Waals surface area contributed by atoms with Gasteiger partial charge in [0.1, 0.15) is 0 Å². The Morgan fingerprint density at radius 2 is 2.22 bits per heavy atom. The fraction of sp³-hybridized carbons (Fsp3) is 0.571. The Balaban J connectivity index is 3.51. The first-order valence-electron chi connectivity index (χ1n) is 3.11. The van der Waals surface area contributed by atoms with Crippen LogP contribution in [0.4, 0.5) is 0 Å². The molecule has 0 aliphatic carbocycles. The van der Waals surface area contributed by atoms with Crippen molar-refractivity contribution in [3.8, 4) is 0 Å². The van der Waals surface area contributed by atoms with Crippen LogP contribution in [0.15, 0.2) is 17.0 Å². The molecule has 0 spiro atoms. The van der Waals surface area contributed by atoms with Crippen LogP contribution in [-0.4, -0.2) is 11.9 Å². The van der Waals surface area contributed by atoms with Crippen LogP contribution < -0.4 is 0 Å². The van der Waals surface area contributed by atoms with Gasteiger partial charge in [-0.25, -0.2) is 0 Å². The van der Waals surface area contributed by atoms with Crippen molar-refractivity contribution in [1.82, 2.24) is 0 Å². The van der Waals surface area contributed by atoms with Crippen molar-refractivity contribution in [3.05, 3.63) is 12.0 Å². The second kappa shape index (κ2) is 4.69. The minimum Gasteiger partial charge on any atom is -0.262 e. The maximum Gasteiger partial charge on any atom is 0.0527 e. The SMILES string of the molecule is C=C(N=CC)PC(C)C. The van der Waals surface area contributed by atoms with Crippen LogP contribution in [0, 0.1) is 0 Å². The van der Waals surface area contributed by atoms with Crippen LogP contribution in [0.1, 0.15) is 20.8 Å². The van der Waals surface area contributed by atoms with Gasteiger partial charge in [0.05, 0.1) is 5.44 Å². The summed E-state index contributed by atoms with van der Waals surface area (Å²) in [6.45, 7) is 10.1. The van der Waals surface area contributed by atoms with Gasteiger partial charge in [0, 0.05) is 6.21 Å². The lowest BCUT2D eigenvalue weighted by atomic mass is 10.6. The highest BCUT2D eigenvalue weighted by Gasteiger charge is 1.93. The van der Waals surface area contributed by atoms with Crippen LogP contribution in [0.5, 0.6) is 0 Å². The Bertz CT molecular complexity index is 116. The first kappa shape index (κ1) is 8.84. The van der Waals surface area contributed by atoms with Crippen LogP contribution in [0.3, 0.4) is 0 Å². The summed E-state index contributed by atoms with van der Waals surface area (Å²) in [5.41, 5.74) is 1.70. The zero-order chi connectivity index (χ0) is 7.28. The predicted octanol–water partition coefficient (Wildman–Crippen LogP) is 2.64. The molecule has 52 valence electrons. The number of hydrogen-bond acceptors (Lipinski definition) is 1. The quantitative estimate of drug-likeness (QED) is 0.425. The molecule has 0 heterocycles. The van der Waals surface area contributed by atoms with Gasteiger partial charge in [0.25, 0.3) is 0 Å². The number of rotatable bonds is 3. The van der Waals surface area contributed by atoms with E-state index in [1.807, 2.05) is 6.92 Å². The van der Waals surface area contributed by atoms with Crippen molar-refractivity contribution in [2.75, 3.05) is 0 Å². The fourth-order valence-corrected chi connectivity index (χ4v) is 1.40. The highest BCUT2D eigenvalue weighted by Crippen LogP contribution is 2.27. The lowest BCUT2D eigenvalue weighted by Crippen LogP contribution is -1.81. The molecule has 1 nitrogen and oxygen atoms in total. The van der Waals surface area contributed by atoms with E-state index in [4.69, 9.17) is 0 Å². The normalized spacial score (nSPS) is 12.4. The summed E-state index contributed by atoms with van der Waals surface area (Å²) in [4.78, 5) is 4.06. The summed E-state index contributed by atoms with van der Waals surface area (Å²) >= 11 is 0. The molecule has 0 saturated carbocycles. The van der Waals surface area contributed by atoms with Crippen molar-refractivity contribution in [2.45, 2.75) is 26.4 Å². The van der Waals surface area contributed by atoms with E-state index >= 15 is 0 Å². The average molecular weight is 143 g/mol. The van der Waals surface area contributed by atoms with Crippen molar-refractivity contribution in [1.29, 1.82) is 0 Å². The summed E-state index contributed by atoms with van der Waals surface area (Å²) < 4.78 is 0. The molecule has 0 bridgehead atoms. The predicted molar refractivity (Wildman–Crippen MR) is 46.8 cm³/mol. The van der Waals surface area contributed by atoms with Crippen LogP contribution >= 0.6 is 8.58 Å². The van der Waals surface area contributed by atoms with Crippen molar-refractivity contribution >= 4 is 14.8 Å². The van der Waals surface area contributed by atoms with Gasteiger partial charge in [-0.1, -0.05) is 29.0 Å². The van der Waals surface area contributed by atoms with Crippen molar-refractivity contribution < 1.29 is 0 Å². The zero-order valence-corrected chi connectivity index (χ0v) is 7.31. The fourth-order valence-electron chi connectivity index (χ4n) is 0.526. The Morgan fingerprint density at radius 3 is 2.56 bits per heavy atom. The second-order valence-corrected chi connectivity index (χ2v) is 4.15. The van der Waals surface area contributed by atoms with E-state index in [2.05, 4.69) is 25.4 Å². The summed E-state index contributed by atoms with van der Waals surface area (Å²) in [6.07, 6.45) is 1.79. The monoisotopic (exact) mass is 143 g/mol. The molecule has 0 rings (SSSR count). The van der Waals surface area contributed by atoms with Gasteiger partial charge in [-0.05, 0) is 12.6 Å². The number of aliphatic imine (C=N–C) groups is 1. The van der Waals surface area contributed by atoms with E-state index in [1.54, 1.807) is 6.21 Å². The van der Waals surface area contributed by atoms with E-state index in [0.717, 1.165) is 14.0 Å². The van der Waals surface area contributed by atoms with Gasteiger partial charge in [0.2, 0.25) is 0 Å². The summed E-state index contributed by atoms with van der Waals surface area (Å²) in [7, 11) is 0.777. The number of hydrogen-bond donors (Lipinski definition) is 0. The lowest BCUT2D eigenvalue weighted by molar-refractivity contribution is 1.10. The standard InChI is InChI=1S/C7H14NP/c1-5-8-7(4)9-6(2)3/h5-6,9H,4H2,1-3H3. The van der Waals surface area contributed by atoms with Gasteiger partial charge in [-0.3, -0.25) is 4.99 Å². The van der Waals surface area contributed by atoms with E-state index in [0.29, 0.717) is 5.66 Å². The molecule has 0 aliphatic heterocycles. The molecule has 1 atom stereocenters. The molecule has 0 aromatic rings. The lowest BCUT2D eigenvalue weighted by Gasteiger charge is -2.01. The summed E-state index contributed by atoms with van der Waals surface area (Å²) in [5.74, 6) is 0. The first-order valence-corrected chi connectivity index (χ1v) is 4.18. The van der Waals surface area contributed by atoms with Gasteiger partial charge >= 0.3 is 0 Å². The molecular weight excluding hydrogens is 129 g/mol. The molecule has 0 fully saturated rings. The van der Waals surface area contributed by atoms with Gasteiger partial charge in [-0.2, -0.15) is 0 Å². The van der Waals surface area contributed by atoms with E-state index in [1.165, 1.54) is 0 Å². The minimum absolute atomic E-state index is 0.696. The van der Waals surface area contributed by atoms with E-state index < -0.39 is 0 Å². The molecule has 1 unspecified atom stereocenters. The van der Waals surface area contributed by atoms with Gasteiger partial charge in [-0.15, -0.1) is 0 Å². The molecular formula is C7H14NP. The van der Waals surface area contributed by atoms with Crippen molar-refractivity contribution in [3.63, 3.8) is 0 Å². The van der Waals surface area contributed by atoms with Crippen LogP contribution in [-0.2, 0) is 0 Å². The highest BCUT2D eigenvalue weighted by atomic mass is 31.1. The molecule has 0 aromatic carbocycles.